The first-order chi connectivity index (χ1) is 10.5. The molecule has 0 saturated carbocycles. The minimum atomic E-state index is -3.62. The molecule has 0 spiro atoms. The lowest BCUT2D eigenvalue weighted by atomic mass is 10.2. The maximum absolute atomic E-state index is 12.6. The molecule has 1 saturated heterocycles. The summed E-state index contributed by atoms with van der Waals surface area (Å²) in [4.78, 5) is 13.7. The van der Waals surface area contributed by atoms with Crippen LogP contribution in [0, 0.1) is 0 Å². The van der Waals surface area contributed by atoms with Crippen LogP contribution in [0.4, 0.5) is 0 Å². The van der Waals surface area contributed by atoms with Gasteiger partial charge in [-0.25, -0.2) is 8.42 Å². The maximum Gasteiger partial charge on any atom is 0.244 e. The topological polar surface area (TPSA) is 83.7 Å². The third-order valence-electron chi connectivity index (χ3n) is 3.64. The lowest BCUT2D eigenvalue weighted by Gasteiger charge is -2.34. The largest absolute Gasteiger partial charge is 0.340 e. The summed E-state index contributed by atoms with van der Waals surface area (Å²) in [7, 11) is -3.62. The second-order valence-corrected chi connectivity index (χ2v) is 7.42. The number of nitrogens with zero attached hydrogens (tertiary/aromatic N) is 2. The fourth-order valence-electron chi connectivity index (χ4n) is 2.38. The molecule has 1 aromatic rings. The van der Waals surface area contributed by atoms with Crippen molar-refractivity contribution in [1.82, 2.24) is 9.21 Å². The van der Waals surface area contributed by atoms with Crippen LogP contribution in [0.3, 0.4) is 0 Å². The van der Waals surface area contributed by atoms with Crippen molar-refractivity contribution in [2.75, 3.05) is 32.7 Å². The lowest BCUT2D eigenvalue weighted by molar-refractivity contribution is -0.132. The molecule has 6 nitrogen and oxygen atoms in total. The van der Waals surface area contributed by atoms with E-state index in [4.69, 9.17) is 17.3 Å². The standard InChI is InChI=1S/C14H20ClN3O3S/c15-12-4-1-2-5-13(12)22(20,21)18-10-8-17(9-11-18)14(19)6-3-7-16/h1-2,4-5H,3,6-11,16H2. The number of sulfonamides is 1. The van der Waals surface area contributed by atoms with Crippen molar-refractivity contribution in [1.29, 1.82) is 0 Å². The van der Waals surface area contributed by atoms with E-state index in [-0.39, 0.29) is 28.9 Å². The summed E-state index contributed by atoms with van der Waals surface area (Å²) in [6.45, 7) is 1.83. The van der Waals surface area contributed by atoms with Crippen LogP contribution in [0.15, 0.2) is 29.2 Å². The quantitative estimate of drug-likeness (QED) is 0.859. The van der Waals surface area contributed by atoms with E-state index in [1.807, 2.05) is 0 Å². The van der Waals surface area contributed by atoms with Gasteiger partial charge in [-0.15, -0.1) is 0 Å². The van der Waals surface area contributed by atoms with Gasteiger partial charge in [0.2, 0.25) is 15.9 Å². The highest BCUT2D eigenvalue weighted by Gasteiger charge is 2.30. The second kappa shape index (κ2) is 7.41. The predicted octanol–water partition coefficient (Wildman–Crippen LogP) is 0.912. The fraction of sp³-hybridized carbons (Fsp3) is 0.500. The van der Waals surface area contributed by atoms with Gasteiger partial charge in [0.1, 0.15) is 4.90 Å². The molecular formula is C14H20ClN3O3S. The van der Waals surface area contributed by atoms with E-state index in [0.29, 0.717) is 32.5 Å². The molecule has 0 bridgehead atoms. The van der Waals surface area contributed by atoms with Gasteiger partial charge in [-0.3, -0.25) is 4.79 Å². The first-order valence-electron chi connectivity index (χ1n) is 7.19. The zero-order valence-corrected chi connectivity index (χ0v) is 13.8. The minimum absolute atomic E-state index is 0.0280. The molecule has 8 heteroatoms. The van der Waals surface area contributed by atoms with Crippen molar-refractivity contribution < 1.29 is 13.2 Å². The molecule has 1 aromatic carbocycles. The van der Waals surface area contributed by atoms with Crippen LogP contribution in [-0.4, -0.2) is 56.3 Å². The van der Waals surface area contributed by atoms with Crippen LogP contribution in [0.25, 0.3) is 0 Å². The Hall–Kier alpha value is -1.15. The van der Waals surface area contributed by atoms with E-state index in [1.54, 1.807) is 23.1 Å². The molecule has 2 rings (SSSR count). The van der Waals surface area contributed by atoms with E-state index in [0.717, 1.165) is 0 Å². The Labute approximate surface area is 135 Å². The van der Waals surface area contributed by atoms with Crippen LogP contribution in [0.5, 0.6) is 0 Å². The number of piperazine rings is 1. The fourth-order valence-corrected chi connectivity index (χ4v) is 4.30. The summed E-state index contributed by atoms with van der Waals surface area (Å²) in [5.41, 5.74) is 5.39. The predicted molar refractivity (Wildman–Crippen MR) is 85.1 cm³/mol. The molecule has 122 valence electrons. The van der Waals surface area contributed by atoms with Gasteiger partial charge in [0.05, 0.1) is 5.02 Å². The molecule has 1 aliphatic rings. The van der Waals surface area contributed by atoms with Crippen LogP contribution < -0.4 is 5.73 Å². The molecule has 0 aliphatic carbocycles. The van der Waals surface area contributed by atoms with Crippen LogP contribution in [0.1, 0.15) is 12.8 Å². The number of halogens is 1. The van der Waals surface area contributed by atoms with Crippen LogP contribution in [-0.2, 0) is 14.8 Å². The summed E-state index contributed by atoms with van der Waals surface area (Å²) in [6, 6.07) is 6.39. The average molecular weight is 346 g/mol. The van der Waals surface area contributed by atoms with Crippen molar-refractivity contribution in [3.05, 3.63) is 29.3 Å². The molecule has 0 aromatic heterocycles. The van der Waals surface area contributed by atoms with E-state index in [2.05, 4.69) is 0 Å². The highest BCUT2D eigenvalue weighted by Crippen LogP contribution is 2.25. The van der Waals surface area contributed by atoms with Crippen LogP contribution >= 0.6 is 11.6 Å². The molecule has 22 heavy (non-hydrogen) atoms. The van der Waals surface area contributed by atoms with Gasteiger partial charge in [0, 0.05) is 32.6 Å². The second-order valence-electron chi connectivity index (χ2n) is 5.11. The molecule has 1 aliphatic heterocycles. The molecule has 1 fully saturated rings. The number of amides is 1. The van der Waals surface area contributed by atoms with Crippen LogP contribution in [0.2, 0.25) is 5.02 Å². The van der Waals surface area contributed by atoms with Gasteiger partial charge >= 0.3 is 0 Å². The highest BCUT2D eigenvalue weighted by molar-refractivity contribution is 7.89. The third kappa shape index (κ3) is 3.78. The summed E-state index contributed by atoms with van der Waals surface area (Å²) >= 11 is 5.98. The summed E-state index contributed by atoms with van der Waals surface area (Å²) in [5, 5.41) is 0.212. The Kier molecular flexibility index (Phi) is 5.80. The van der Waals surface area contributed by atoms with E-state index >= 15 is 0 Å². The van der Waals surface area contributed by atoms with Crippen molar-refractivity contribution in [3.8, 4) is 0 Å². The van der Waals surface area contributed by atoms with E-state index < -0.39 is 10.0 Å². The number of rotatable bonds is 5. The van der Waals surface area contributed by atoms with Gasteiger partial charge in [0.25, 0.3) is 0 Å². The molecular weight excluding hydrogens is 326 g/mol. The molecule has 2 N–H and O–H groups in total. The molecule has 0 radical (unpaired) electrons. The zero-order chi connectivity index (χ0) is 16.2. The number of carbonyl (C=O) groups excluding carboxylic acids is 1. The molecule has 1 heterocycles. The Morgan fingerprint density at radius 3 is 2.41 bits per heavy atom. The molecule has 0 atom stereocenters. The maximum atomic E-state index is 12.6. The first kappa shape index (κ1) is 17.2. The Morgan fingerprint density at radius 2 is 1.82 bits per heavy atom. The average Bonchev–Trinajstić information content (AvgIpc) is 2.53. The summed E-state index contributed by atoms with van der Waals surface area (Å²) in [6.07, 6.45) is 1.06. The van der Waals surface area contributed by atoms with Crippen molar-refractivity contribution in [3.63, 3.8) is 0 Å². The summed E-state index contributed by atoms with van der Waals surface area (Å²) < 4.78 is 26.5. The zero-order valence-electron chi connectivity index (χ0n) is 12.2. The number of hydrogen-bond donors (Lipinski definition) is 1. The van der Waals surface area contributed by atoms with Crippen molar-refractivity contribution in [2.45, 2.75) is 17.7 Å². The third-order valence-corrected chi connectivity index (χ3v) is 6.04. The van der Waals surface area contributed by atoms with Gasteiger partial charge in [-0.05, 0) is 25.1 Å². The van der Waals surface area contributed by atoms with Gasteiger partial charge in [-0.1, -0.05) is 23.7 Å². The van der Waals surface area contributed by atoms with Gasteiger partial charge < -0.3 is 10.6 Å². The van der Waals surface area contributed by atoms with E-state index in [9.17, 15) is 13.2 Å². The number of hydrogen-bond acceptors (Lipinski definition) is 4. The Balaban J connectivity index is 2.02. The SMILES string of the molecule is NCCCC(=O)N1CCN(S(=O)(=O)c2ccccc2Cl)CC1. The number of carbonyl (C=O) groups is 1. The van der Waals surface area contributed by atoms with E-state index in [1.165, 1.54) is 10.4 Å². The van der Waals surface area contributed by atoms with Gasteiger partial charge in [0.15, 0.2) is 0 Å². The first-order valence-corrected chi connectivity index (χ1v) is 9.01. The van der Waals surface area contributed by atoms with Gasteiger partial charge in [-0.2, -0.15) is 4.31 Å². The smallest absolute Gasteiger partial charge is 0.244 e. The normalized spacial score (nSPS) is 16.7. The van der Waals surface area contributed by atoms with Crippen molar-refractivity contribution >= 4 is 27.5 Å². The Bertz CT molecular complexity index is 628. The summed E-state index contributed by atoms with van der Waals surface area (Å²) in [5.74, 6) is 0.0280. The number of benzene rings is 1. The lowest BCUT2D eigenvalue weighted by Crippen LogP contribution is -2.50. The molecule has 0 unspecified atom stereocenters. The Morgan fingerprint density at radius 1 is 1.18 bits per heavy atom. The molecule has 1 amide bonds. The minimum Gasteiger partial charge on any atom is -0.340 e. The highest BCUT2D eigenvalue weighted by atomic mass is 35.5. The monoisotopic (exact) mass is 345 g/mol. The number of nitrogens with two attached hydrogens (primary N) is 1. The van der Waals surface area contributed by atoms with Crippen molar-refractivity contribution in [2.24, 2.45) is 5.73 Å².